The van der Waals surface area contributed by atoms with Crippen LogP contribution in [0.1, 0.15) is 9.67 Å². The zero-order chi connectivity index (χ0) is 16.5. The van der Waals surface area contributed by atoms with Gasteiger partial charge in [0, 0.05) is 17.4 Å². The van der Waals surface area contributed by atoms with Crippen molar-refractivity contribution in [1.82, 2.24) is 15.0 Å². The van der Waals surface area contributed by atoms with Gasteiger partial charge in [-0.25, -0.2) is 4.98 Å². The molecule has 118 valence electrons. The first-order valence-electron chi connectivity index (χ1n) is 7.15. The summed E-state index contributed by atoms with van der Waals surface area (Å²) in [6, 6.07) is 11.0. The lowest BCUT2D eigenvalue weighted by Gasteiger charge is -2.05. The van der Waals surface area contributed by atoms with Gasteiger partial charge in [0.15, 0.2) is 0 Å². The van der Waals surface area contributed by atoms with E-state index in [9.17, 15) is 4.79 Å². The molecule has 0 saturated carbocycles. The molecule has 5 nitrogen and oxygen atoms in total. The standard InChI is InChI=1S/C17H11ClN4OS/c18-12-6-8-24-15(12)17(23)20-11-3-1-10(2-4-11)16-21-13-5-7-19-9-14(13)22-16/h1-9H,(H,20,23)(H,21,22). The maximum absolute atomic E-state index is 12.2. The molecule has 0 aliphatic heterocycles. The molecule has 1 amide bonds. The summed E-state index contributed by atoms with van der Waals surface area (Å²) in [6.07, 6.45) is 3.45. The first-order chi connectivity index (χ1) is 11.7. The number of aromatic amines is 1. The van der Waals surface area contributed by atoms with Gasteiger partial charge in [0.2, 0.25) is 0 Å². The highest BCUT2D eigenvalue weighted by molar-refractivity contribution is 7.12. The second kappa shape index (κ2) is 6.07. The third kappa shape index (κ3) is 2.77. The molecule has 1 aromatic carbocycles. The van der Waals surface area contributed by atoms with Gasteiger partial charge in [-0.05, 0) is 41.8 Å². The SMILES string of the molecule is O=C(Nc1ccc(-c2nc3ccncc3[nH]2)cc1)c1sccc1Cl. The lowest BCUT2D eigenvalue weighted by molar-refractivity contribution is 0.103. The van der Waals surface area contributed by atoms with Crippen molar-refractivity contribution in [3.05, 3.63) is 64.1 Å². The Morgan fingerprint density at radius 2 is 2.00 bits per heavy atom. The Bertz CT molecular complexity index is 989. The molecular formula is C17H11ClN4OS. The van der Waals surface area contributed by atoms with Gasteiger partial charge in [-0.2, -0.15) is 0 Å². The second-order valence-corrected chi connectivity index (χ2v) is 6.43. The molecule has 0 aliphatic rings. The average molecular weight is 355 g/mol. The summed E-state index contributed by atoms with van der Waals surface area (Å²) in [5, 5.41) is 5.09. The van der Waals surface area contributed by atoms with E-state index in [4.69, 9.17) is 11.6 Å². The Balaban J connectivity index is 1.56. The van der Waals surface area contributed by atoms with E-state index < -0.39 is 0 Å². The molecule has 0 saturated heterocycles. The Morgan fingerprint density at radius 3 is 2.71 bits per heavy atom. The van der Waals surface area contributed by atoms with E-state index in [0.717, 1.165) is 22.4 Å². The highest BCUT2D eigenvalue weighted by Crippen LogP contribution is 2.25. The smallest absolute Gasteiger partial charge is 0.267 e. The Hall–Kier alpha value is -2.70. The number of thiophene rings is 1. The third-order valence-electron chi connectivity index (χ3n) is 3.52. The van der Waals surface area contributed by atoms with Gasteiger partial charge < -0.3 is 10.3 Å². The van der Waals surface area contributed by atoms with E-state index in [1.165, 1.54) is 11.3 Å². The molecule has 4 aromatic rings. The topological polar surface area (TPSA) is 70.7 Å². The summed E-state index contributed by atoms with van der Waals surface area (Å²) in [4.78, 5) is 24.5. The van der Waals surface area contributed by atoms with Crippen LogP contribution in [0.2, 0.25) is 5.02 Å². The highest BCUT2D eigenvalue weighted by atomic mass is 35.5. The third-order valence-corrected chi connectivity index (χ3v) is 4.86. The highest BCUT2D eigenvalue weighted by Gasteiger charge is 2.12. The number of benzene rings is 1. The van der Waals surface area contributed by atoms with E-state index >= 15 is 0 Å². The van der Waals surface area contributed by atoms with Crippen LogP contribution in [0, 0.1) is 0 Å². The van der Waals surface area contributed by atoms with Gasteiger partial charge in [0.05, 0.1) is 22.3 Å². The molecule has 4 rings (SSSR count). The van der Waals surface area contributed by atoms with Crippen LogP contribution in [0.4, 0.5) is 5.69 Å². The lowest BCUT2D eigenvalue weighted by atomic mass is 10.2. The van der Waals surface area contributed by atoms with E-state index in [1.54, 1.807) is 23.8 Å². The number of hydrogen-bond acceptors (Lipinski definition) is 4. The summed E-state index contributed by atoms with van der Waals surface area (Å²) in [7, 11) is 0. The van der Waals surface area contributed by atoms with Gasteiger partial charge >= 0.3 is 0 Å². The van der Waals surface area contributed by atoms with Gasteiger partial charge in [-0.15, -0.1) is 11.3 Å². The number of amides is 1. The second-order valence-electron chi connectivity index (χ2n) is 5.11. The predicted octanol–water partition coefficient (Wildman–Crippen LogP) is 4.59. The van der Waals surface area contributed by atoms with Gasteiger partial charge in [-0.1, -0.05) is 11.6 Å². The molecule has 0 atom stereocenters. The van der Waals surface area contributed by atoms with Crippen LogP contribution in [-0.4, -0.2) is 20.9 Å². The fourth-order valence-electron chi connectivity index (χ4n) is 2.35. The molecule has 2 N–H and O–H groups in total. The van der Waals surface area contributed by atoms with E-state index in [0.29, 0.717) is 15.6 Å². The van der Waals surface area contributed by atoms with Crippen molar-refractivity contribution >= 4 is 45.6 Å². The van der Waals surface area contributed by atoms with Crippen molar-refractivity contribution in [3.63, 3.8) is 0 Å². The van der Waals surface area contributed by atoms with Crippen molar-refractivity contribution in [2.24, 2.45) is 0 Å². The van der Waals surface area contributed by atoms with Crippen molar-refractivity contribution in [3.8, 4) is 11.4 Å². The van der Waals surface area contributed by atoms with Crippen LogP contribution < -0.4 is 5.32 Å². The fourth-order valence-corrected chi connectivity index (χ4v) is 3.38. The summed E-state index contributed by atoms with van der Waals surface area (Å²) in [5.41, 5.74) is 3.38. The summed E-state index contributed by atoms with van der Waals surface area (Å²) in [6.45, 7) is 0. The summed E-state index contributed by atoms with van der Waals surface area (Å²) in [5.74, 6) is 0.551. The molecule has 0 spiro atoms. The first kappa shape index (κ1) is 14.9. The number of H-pyrrole nitrogens is 1. The molecule has 0 fully saturated rings. The molecule has 24 heavy (non-hydrogen) atoms. The Morgan fingerprint density at radius 1 is 1.17 bits per heavy atom. The number of imidazole rings is 1. The number of nitrogens with one attached hydrogen (secondary N) is 2. The zero-order valence-electron chi connectivity index (χ0n) is 12.3. The predicted molar refractivity (Wildman–Crippen MR) is 96.6 cm³/mol. The molecular weight excluding hydrogens is 344 g/mol. The summed E-state index contributed by atoms with van der Waals surface area (Å²) < 4.78 is 0. The van der Waals surface area contributed by atoms with E-state index in [2.05, 4.69) is 20.3 Å². The minimum absolute atomic E-state index is 0.211. The molecule has 3 heterocycles. The molecule has 0 bridgehead atoms. The van der Waals surface area contributed by atoms with Crippen molar-refractivity contribution in [1.29, 1.82) is 0 Å². The monoisotopic (exact) mass is 354 g/mol. The molecule has 3 aromatic heterocycles. The van der Waals surface area contributed by atoms with Crippen LogP contribution in [0.15, 0.2) is 54.2 Å². The zero-order valence-corrected chi connectivity index (χ0v) is 13.9. The van der Waals surface area contributed by atoms with Crippen molar-refractivity contribution < 1.29 is 4.79 Å². The average Bonchev–Trinajstić information content (AvgIpc) is 3.21. The van der Waals surface area contributed by atoms with Crippen LogP contribution in [0.25, 0.3) is 22.4 Å². The minimum Gasteiger partial charge on any atom is -0.337 e. The Kier molecular flexibility index (Phi) is 3.76. The number of anilines is 1. The Labute approximate surface area is 146 Å². The van der Waals surface area contributed by atoms with Crippen molar-refractivity contribution in [2.45, 2.75) is 0 Å². The van der Waals surface area contributed by atoms with Gasteiger partial charge in [0.1, 0.15) is 10.7 Å². The number of pyridine rings is 1. The first-order valence-corrected chi connectivity index (χ1v) is 8.41. The van der Waals surface area contributed by atoms with Gasteiger partial charge in [-0.3, -0.25) is 9.78 Å². The largest absolute Gasteiger partial charge is 0.337 e. The number of aromatic nitrogens is 3. The number of carbonyl (C=O) groups excluding carboxylic acids is 1. The lowest BCUT2D eigenvalue weighted by Crippen LogP contribution is -2.10. The summed E-state index contributed by atoms with van der Waals surface area (Å²) >= 11 is 7.29. The van der Waals surface area contributed by atoms with Crippen LogP contribution >= 0.6 is 22.9 Å². The van der Waals surface area contributed by atoms with Crippen LogP contribution in [0.5, 0.6) is 0 Å². The van der Waals surface area contributed by atoms with Crippen LogP contribution in [-0.2, 0) is 0 Å². The maximum Gasteiger partial charge on any atom is 0.267 e. The number of hydrogen-bond donors (Lipinski definition) is 2. The van der Waals surface area contributed by atoms with Gasteiger partial charge in [0.25, 0.3) is 5.91 Å². The maximum atomic E-state index is 12.2. The van der Waals surface area contributed by atoms with Crippen molar-refractivity contribution in [2.75, 3.05) is 5.32 Å². The molecule has 0 unspecified atom stereocenters. The normalized spacial score (nSPS) is 10.9. The number of rotatable bonds is 3. The fraction of sp³-hybridized carbons (Fsp3) is 0. The molecule has 0 aliphatic carbocycles. The van der Waals surface area contributed by atoms with E-state index in [1.807, 2.05) is 30.3 Å². The molecule has 7 heteroatoms. The van der Waals surface area contributed by atoms with E-state index in [-0.39, 0.29) is 5.91 Å². The number of halogens is 1. The number of carbonyl (C=O) groups is 1. The minimum atomic E-state index is -0.211. The number of fused-ring (bicyclic) bond motifs is 1. The quantitative estimate of drug-likeness (QED) is 0.565. The number of nitrogens with zero attached hydrogens (tertiary/aromatic N) is 2. The molecule has 0 radical (unpaired) electrons. The van der Waals surface area contributed by atoms with Crippen LogP contribution in [0.3, 0.4) is 0 Å².